The molecule has 0 heterocycles. The van der Waals surface area contributed by atoms with Gasteiger partial charge in [-0.15, -0.1) is 0 Å². The lowest BCUT2D eigenvalue weighted by atomic mass is 10.2. The van der Waals surface area contributed by atoms with Crippen molar-refractivity contribution in [3.05, 3.63) is 72.8 Å². The molecule has 0 bridgehead atoms. The molecule has 3 aromatic rings. The molecule has 0 aromatic heterocycles. The minimum atomic E-state index is -3.67. The molecule has 12 nitrogen and oxygen atoms in total. The van der Waals surface area contributed by atoms with Gasteiger partial charge >= 0.3 is 0 Å². The van der Waals surface area contributed by atoms with Crippen molar-refractivity contribution >= 4 is 37.3 Å². The van der Waals surface area contributed by atoms with E-state index < -0.39 is 20.2 Å². The summed E-state index contributed by atoms with van der Waals surface area (Å²) in [4.78, 5) is 0. The van der Waals surface area contributed by atoms with Gasteiger partial charge in [0.2, 0.25) is 0 Å². The molecule has 0 radical (unpaired) electrons. The van der Waals surface area contributed by atoms with Crippen molar-refractivity contribution in [1.29, 1.82) is 0 Å². The van der Waals surface area contributed by atoms with Gasteiger partial charge in [0.25, 0.3) is 20.2 Å². The summed E-state index contributed by atoms with van der Waals surface area (Å²) in [6.07, 6.45) is 1.43. The highest BCUT2D eigenvalue weighted by Crippen LogP contribution is 2.18. The summed E-state index contributed by atoms with van der Waals surface area (Å²) in [6, 6.07) is 21.9. The molecule has 0 saturated carbocycles. The maximum absolute atomic E-state index is 9.19. The quantitative estimate of drug-likeness (QED) is 0.185. The average Bonchev–Trinajstić information content (AvgIpc) is 2.80. The van der Waals surface area contributed by atoms with Gasteiger partial charge in [-0.05, 0) is 72.8 Å². The van der Waals surface area contributed by atoms with Gasteiger partial charge in [0.05, 0.1) is 38.3 Å². The number of hydrogen-bond acceptors (Lipinski definition) is 10. The van der Waals surface area contributed by atoms with Gasteiger partial charge in [-0.25, -0.2) is 0 Å². The van der Waals surface area contributed by atoms with Crippen LogP contribution in [0.25, 0.3) is 0 Å². The van der Waals surface area contributed by atoms with E-state index >= 15 is 0 Å². The van der Waals surface area contributed by atoms with E-state index in [0.717, 1.165) is 17.2 Å². The minimum absolute atomic E-state index is 0.00709. The van der Waals surface area contributed by atoms with Gasteiger partial charge in [-0.1, -0.05) is 0 Å². The van der Waals surface area contributed by atoms with E-state index in [0.29, 0.717) is 49.4 Å². The van der Waals surface area contributed by atoms with E-state index in [9.17, 15) is 16.8 Å². The maximum atomic E-state index is 9.19. The predicted octanol–water partition coefficient (Wildman–Crippen LogP) is 2.59. The number of rotatable bonds is 9. The first-order valence-electron chi connectivity index (χ1n) is 10.9. The van der Waals surface area contributed by atoms with Crippen molar-refractivity contribution in [3.8, 4) is 17.2 Å². The molecule has 3 rings (SSSR count). The zero-order chi connectivity index (χ0) is 28.8. The number of nitrogens with two attached hydrogens (primary N) is 3. The van der Waals surface area contributed by atoms with Gasteiger partial charge in [-0.2, -0.15) is 16.8 Å². The topological polar surface area (TPSA) is 214 Å². The first kappa shape index (κ1) is 32.3. The molecule has 0 amide bonds. The third kappa shape index (κ3) is 18.5. The van der Waals surface area contributed by atoms with Crippen molar-refractivity contribution in [1.82, 2.24) is 0 Å². The molecule has 0 atom stereocenters. The molecule has 0 aliphatic heterocycles. The standard InChI is InChI=1S/C22H25N3O3.2CH4O3S/c23-17-1-7-20(8-2-17)26-13-16(14-27-21-9-3-18(24)4-10-21)15-28-22-11-5-19(25)6-12-22;2*1-5(2,3)4/h1-12,16H,13-15,23-25H2;2*1H3,(H,2,3,4). The van der Waals surface area contributed by atoms with Crippen molar-refractivity contribution in [3.63, 3.8) is 0 Å². The van der Waals surface area contributed by atoms with E-state index in [2.05, 4.69) is 0 Å². The molecule has 0 aliphatic carbocycles. The first-order chi connectivity index (χ1) is 17.6. The molecule has 0 spiro atoms. The second-order valence-corrected chi connectivity index (χ2v) is 10.9. The summed E-state index contributed by atoms with van der Waals surface area (Å²) in [5.41, 5.74) is 19.2. The summed E-state index contributed by atoms with van der Waals surface area (Å²) in [5.74, 6) is 2.25. The van der Waals surface area contributed by atoms with Crippen molar-refractivity contribution in [2.24, 2.45) is 5.92 Å². The van der Waals surface area contributed by atoms with Crippen LogP contribution >= 0.6 is 0 Å². The van der Waals surface area contributed by atoms with Crippen molar-refractivity contribution in [2.45, 2.75) is 0 Å². The van der Waals surface area contributed by atoms with Crippen LogP contribution in [0.1, 0.15) is 0 Å². The average molecular weight is 572 g/mol. The Hall–Kier alpha value is -3.72. The zero-order valence-electron chi connectivity index (χ0n) is 20.9. The SMILES string of the molecule is CS(=O)(=O)O.CS(=O)(=O)O.Nc1ccc(OCC(COc2ccc(N)cc2)COc2ccc(N)cc2)cc1. The van der Waals surface area contributed by atoms with Gasteiger partial charge in [0.15, 0.2) is 0 Å². The lowest BCUT2D eigenvalue weighted by molar-refractivity contribution is 0.126. The zero-order valence-corrected chi connectivity index (χ0v) is 22.6. The van der Waals surface area contributed by atoms with Crippen LogP contribution in [0.2, 0.25) is 0 Å². The van der Waals surface area contributed by atoms with Crippen molar-refractivity contribution in [2.75, 3.05) is 49.5 Å². The monoisotopic (exact) mass is 571 g/mol. The number of hydrogen-bond donors (Lipinski definition) is 5. The fourth-order valence-electron chi connectivity index (χ4n) is 2.48. The van der Waals surface area contributed by atoms with E-state index in [1.54, 1.807) is 36.4 Å². The normalized spacial score (nSPS) is 10.9. The van der Waals surface area contributed by atoms with Crippen LogP contribution in [0.15, 0.2) is 72.8 Å². The molecule has 8 N–H and O–H groups in total. The fraction of sp³-hybridized carbons (Fsp3) is 0.250. The smallest absolute Gasteiger partial charge is 0.261 e. The Morgan fingerprint density at radius 2 is 0.737 bits per heavy atom. The Morgan fingerprint density at radius 3 is 0.921 bits per heavy atom. The third-order valence-electron chi connectivity index (χ3n) is 4.10. The molecule has 38 heavy (non-hydrogen) atoms. The van der Waals surface area contributed by atoms with Crippen LogP contribution in [-0.4, -0.2) is 58.3 Å². The molecule has 14 heteroatoms. The Balaban J connectivity index is 0.000000616. The first-order valence-corrected chi connectivity index (χ1v) is 14.6. The van der Waals surface area contributed by atoms with E-state index in [-0.39, 0.29) is 5.92 Å². The van der Waals surface area contributed by atoms with Crippen LogP contribution in [0.4, 0.5) is 17.1 Å². The second-order valence-electron chi connectivity index (χ2n) is 7.97. The van der Waals surface area contributed by atoms with E-state index in [1.165, 1.54) is 0 Å². The van der Waals surface area contributed by atoms with E-state index in [1.807, 2.05) is 36.4 Å². The summed E-state index contributed by atoms with van der Waals surface area (Å²) in [5, 5.41) is 0. The third-order valence-corrected chi connectivity index (χ3v) is 4.10. The largest absolute Gasteiger partial charge is 0.493 e. The van der Waals surface area contributed by atoms with Crippen LogP contribution < -0.4 is 31.4 Å². The summed E-state index contributed by atoms with van der Waals surface area (Å²) < 4.78 is 69.4. The number of ether oxygens (including phenoxy) is 3. The number of benzene rings is 3. The highest BCUT2D eigenvalue weighted by molar-refractivity contribution is 7.85. The summed E-state index contributed by atoms with van der Waals surface area (Å²) in [6.45, 7) is 1.32. The molecule has 3 aromatic carbocycles. The van der Waals surface area contributed by atoms with Gasteiger partial charge < -0.3 is 31.4 Å². The Kier molecular flexibility index (Phi) is 13.2. The Bertz CT molecular complexity index is 1140. The van der Waals surface area contributed by atoms with Crippen LogP contribution in [0, 0.1) is 5.92 Å². The van der Waals surface area contributed by atoms with Crippen LogP contribution in [-0.2, 0) is 20.2 Å². The van der Waals surface area contributed by atoms with Gasteiger partial charge in [0, 0.05) is 17.1 Å². The molecule has 210 valence electrons. The van der Waals surface area contributed by atoms with Gasteiger partial charge in [-0.3, -0.25) is 9.11 Å². The molecule has 0 fully saturated rings. The maximum Gasteiger partial charge on any atom is 0.261 e. The lowest BCUT2D eigenvalue weighted by Crippen LogP contribution is -2.26. The molecule has 0 saturated heterocycles. The summed E-state index contributed by atoms with van der Waals surface area (Å²) in [7, 11) is -7.33. The highest BCUT2D eigenvalue weighted by Gasteiger charge is 2.13. The predicted molar refractivity (Wildman–Crippen MR) is 147 cm³/mol. The van der Waals surface area contributed by atoms with Crippen molar-refractivity contribution < 1.29 is 40.2 Å². The fourth-order valence-corrected chi connectivity index (χ4v) is 2.48. The summed E-state index contributed by atoms with van der Waals surface area (Å²) >= 11 is 0. The highest BCUT2D eigenvalue weighted by atomic mass is 32.2. The Labute approximate surface area is 222 Å². The van der Waals surface area contributed by atoms with E-state index in [4.69, 9.17) is 40.5 Å². The number of anilines is 3. The lowest BCUT2D eigenvalue weighted by Gasteiger charge is -2.19. The molecule has 0 aliphatic rings. The van der Waals surface area contributed by atoms with Crippen LogP contribution in [0.3, 0.4) is 0 Å². The Morgan fingerprint density at radius 1 is 0.553 bits per heavy atom. The molecular formula is C24H33N3O9S2. The van der Waals surface area contributed by atoms with Crippen LogP contribution in [0.5, 0.6) is 17.2 Å². The van der Waals surface area contributed by atoms with Gasteiger partial charge in [0.1, 0.15) is 17.2 Å². The molecule has 0 unspecified atom stereocenters. The second kappa shape index (κ2) is 15.5. The molecular weight excluding hydrogens is 538 g/mol. The number of nitrogen functional groups attached to an aromatic ring is 3. The minimum Gasteiger partial charge on any atom is -0.493 e.